The van der Waals surface area contributed by atoms with E-state index < -0.39 is 46.2 Å². The molecule has 4 fully saturated rings. The molecule has 0 saturated carbocycles. The lowest BCUT2D eigenvalue weighted by Crippen LogP contribution is -2.76. The highest BCUT2D eigenvalue weighted by atomic mass is 32.2. The second-order valence-electron chi connectivity index (χ2n) is 12.4. The molecular formula is C27H37N5O8S+2. The number of hydrogen-bond acceptors (Lipinski definition) is 7. The second kappa shape index (κ2) is 9.41. The Balaban J connectivity index is 1.23. The van der Waals surface area contributed by atoms with Crippen molar-refractivity contribution in [3.05, 3.63) is 35.0 Å². The number of aliphatic hydroxyl groups is 1. The van der Waals surface area contributed by atoms with E-state index in [0.29, 0.717) is 24.2 Å². The summed E-state index contributed by atoms with van der Waals surface area (Å²) in [5, 5.41) is 20.1. The number of quaternary nitrogens is 2. The van der Waals surface area contributed by atoms with Crippen molar-refractivity contribution in [3.8, 4) is 5.75 Å². The van der Waals surface area contributed by atoms with Gasteiger partial charge in [-0.15, -0.1) is 0 Å². The molecule has 2 amide bonds. The van der Waals surface area contributed by atoms with Crippen molar-refractivity contribution in [3.63, 3.8) is 0 Å². The minimum Gasteiger partial charge on any atom is -0.477 e. The molecule has 2 bridgehead atoms. The summed E-state index contributed by atoms with van der Waals surface area (Å²) in [6.45, 7) is 9.64. The van der Waals surface area contributed by atoms with Crippen LogP contribution in [0.5, 0.6) is 5.75 Å². The predicted molar refractivity (Wildman–Crippen MR) is 145 cm³/mol. The number of amides is 2. The number of primary amides is 1. The average molecular weight is 592 g/mol. The van der Waals surface area contributed by atoms with E-state index in [0.717, 1.165) is 64.6 Å². The first kappa shape index (κ1) is 27.9. The highest BCUT2D eigenvalue weighted by Gasteiger charge is 2.60. The van der Waals surface area contributed by atoms with Gasteiger partial charge in [0.1, 0.15) is 45.0 Å². The Morgan fingerprint density at radius 3 is 2.37 bits per heavy atom. The number of carbonyl (C=O) groups is 3. The van der Waals surface area contributed by atoms with Crippen molar-refractivity contribution in [2.24, 2.45) is 17.6 Å². The molecule has 6 aliphatic heterocycles. The van der Waals surface area contributed by atoms with Gasteiger partial charge in [0.15, 0.2) is 12.3 Å². The normalized spacial score (nSPS) is 33.7. The molecule has 0 radical (unpaired) electrons. The van der Waals surface area contributed by atoms with Crippen LogP contribution in [0.1, 0.15) is 19.4 Å². The summed E-state index contributed by atoms with van der Waals surface area (Å²) in [7, 11) is -4.26. The third kappa shape index (κ3) is 4.30. The number of aliphatic hydroxyl groups excluding tert-OH is 1. The van der Waals surface area contributed by atoms with Gasteiger partial charge in [0.25, 0.3) is 5.91 Å². The molecule has 0 aromatic heterocycles. The number of β-lactam (4-membered cyclic amide) rings is 1. The van der Waals surface area contributed by atoms with Crippen molar-refractivity contribution < 1.29 is 46.2 Å². The first-order valence-corrected chi connectivity index (χ1v) is 15.4. The van der Waals surface area contributed by atoms with Gasteiger partial charge in [-0.3, -0.25) is 9.59 Å². The molecule has 0 spiro atoms. The Bertz CT molecular complexity index is 1450. The summed E-state index contributed by atoms with van der Waals surface area (Å²) < 4.78 is 34.9. The van der Waals surface area contributed by atoms with Gasteiger partial charge in [0, 0.05) is 17.9 Å². The van der Waals surface area contributed by atoms with Gasteiger partial charge in [-0.2, -0.15) is 8.42 Å². The number of anilines is 1. The number of carbonyl (C=O) groups excluding carboxylic acids is 2. The summed E-state index contributed by atoms with van der Waals surface area (Å²) >= 11 is 0. The summed E-state index contributed by atoms with van der Waals surface area (Å²) in [4.78, 5) is 37.7. The molecule has 6 heterocycles. The molecule has 1 aromatic rings. The molecule has 14 heteroatoms. The van der Waals surface area contributed by atoms with Crippen molar-refractivity contribution in [2.45, 2.75) is 32.4 Å². The van der Waals surface area contributed by atoms with Gasteiger partial charge in [-0.25, -0.2) is 9.10 Å². The van der Waals surface area contributed by atoms with Gasteiger partial charge in [-0.05, 0) is 18.6 Å². The second-order valence-corrected chi connectivity index (χ2v) is 13.8. The molecule has 0 aliphatic carbocycles. The van der Waals surface area contributed by atoms with Crippen LogP contribution in [0.3, 0.4) is 0 Å². The van der Waals surface area contributed by atoms with E-state index in [1.165, 1.54) is 11.8 Å². The lowest BCUT2D eigenvalue weighted by atomic mass is 9.78. The maximum Gasteiger partial charge on any atom is 0.410 e. The van der Waals surface area contributed by atoms with E-state index in [-0.39, 0.29) is 23.9 Å². The lowest BCUT2D eigenvalue weighted by molar-refractivity contribution is -1.08. The van der Waals surface area contributed by atoms with E-state index in [4.69, 9.17) is 9.92 Å². The highest BCUT2D eigenvalue weighted by Crippen LogP contribution is 2.49. The fourth-order valence-electron chi connectivity index (χ4n) is 7.71. The van der Waals surface area contributed by atoms with Gasteiger partial charge in [0.2, 0.25) is 5.91 Å². The maximum atomic E-state index is 13.3. The van der Waals surface area contributed by atoms with Gasteiger partial charge in [0.05, 0.1) is 36.8 Å². The van der Waals surface area contributed by atoms with Gasteiger partial charge in [-0.1, -0.05) is 19.1 Å². The van der Waals surface area contributed by atoms with E-state index in [1.54, 1.807) is 19.1 Å². The van der Waals surface area contributed by atoms with Crippen molar-refractivity contribution in [1.29, 1.82) is 0 Å². The van der Waals surface area contributed by atoms with Crippen LogP contribution in [0.25, 0.3) is 0 Å². The molecule has 4 saturated heterocycles. The largest absolute Gasteiger partial charge is 0.477 e. The number of rotatable bonds is 9. The van der Waals surface area contributed by atoms with Crippen LogP contribution in [0.15, 0.2) is 29.5 Å². The molecule has 6 aliphatic rings. The van der Waals surface area contributed by atoms with Crippen LogP contribution in [0, 0.1) is 11.8 Å². The van der Waals surface area contributed by atoms with Crippen molar-refractivity contribution in [1.82, 2.24) is 4.90 Å². The quantitative estimate of drug-likeness (QED) is 0.243. The van der Waals surface area contributed by atoms with Crippen LogP contribution >= 0.6 is 0 Å². The van der Waals surface area contributed by atoms with Crippen LogP contribution in [0.4, 0.5) is 5.69 Å². The Labute approximate surface area is 238 Å². The number of hydrogen-bond donors (Lipinski definition) is 3. The Morgan fingerprint density at radius 2 is 1.78 bits per heavy atom. The highest BCUT2D eigenvalue weighted by molar-refractivity contribution is 7.88. The minimum absolute atomic E-state index is 0.221. The summed E-state index contributed by atoms with van der Waals surface area (Å²) in [6, 6.07) is 4.74. The fourth-order valence-corrected chi connectivity index (χ4v) is 8.88. The third-order valence-corrected chi connectivity index (χ3v) is 11.4. The summed E-state index contributed by atoms with van der Waals surface area (Å²) in [6.07, 6.45) is -0.352. The Morgan fingerprint density at radius 1 is 1.15 bits per heavy atom. The first-order valence-electron chi connectivity index (χ1n) is 14.1. The fraction of sp³-hybridized carbons (Fsp3) is 0.593. The standard InChI is InChI=1S/C27H35N5O8S/c1-16-19(24(27(36)37)30-23(16)22(17(2)33)26(30)35)14-29-20-5-3-4-18(25(20)40-41(29,38)39)6-7-31-8-11-32(12-9-31,13-10-31)15-21(28)34/h3-5,16-17,22-23,33H,6-15H2,1-2H3,(H-2,28,34,36,37)/p+2/t16-,17+,22+,23+,31?,32?/m0/s1. The van der Waals surface area contributed by atoms with Gasteiger partial charge >= 0.3 is 16.3 Å². The smallest absolute Gasteiger partial charge is 0.410 e. The van der Waals surface area contributed by atoms with Crippen LogP contribution in [-0.4, -0.2) is 121 Å². The third-order valence-electron chi connectivity index (χ3n) is 10.1. The number of carboxylic acid groups (broad SMARTS) is 1. The Kier molecular flexibility index (Phi) is 6.41. The van der Waals surface area contributed by atoms with Crippen molar-refractivity contribution >= 4 is 33.8 Å². The minimum atomic E-state index is -4.26. The molecule has 4 atom stereocenters. The number of fused-ring (bicyclic) bond motifs is 5. The van der Waals surface area contributed by atoms with E-state index in [2.05, 4.69) is 0 Å². The number of aliphatic carboxylic acids is 1. The maximum absolute atomic E-state index is 13.3. The molecule has 13 nitrogen and oxygen atoms in total. The van der Waals surface area contributed by atoms with E-state index in [1.807, 2.05) is 6.07 Å². The zero-order valence-corrected chi connectivity index (χ0v) is 24.0. The SMILES string of the molecule is C[C@@H](O)[C@H]1C(=O)N2C(C(=O)O)=C(CN3c4cccc(CC[N+]56CC[N+](CC(N)=O)(CC5)CC6)c4OS3(=O)=O)[C@H](C)[C@H]12. The van der Waals surface area contributed by atoms with Crippen LogP contribution in [-0.2, 0) is 31.1 Å². The molecule has 4 N–H and O–H groups in total. The first-order chi connectivity index (χ1) is 19.3. The molecule has 0 unspecified atom stereocenters. The number of nitrogens with two attached hydrogens (primary N) is 1. The van der Waals surface area contributed by atoms with Gasteiger partial charge < -0.3 is 34.0 Å². The summed E-state index contributed by atoms with van der Waals surface area (Å²) in [5.41, 5.74) is 6.68. The Hall–Kier alpha value is -3.20. The number of para-hydroxylation sites is 1. The predicted octanol–water partition coefficient (Wildman–Crippen LogP) is -0.985. The van der Waals surface area contributed by atoms with E-state index in [9.17, 15) is 33.0 Å². The summed E-state index contributed by atoms with van der Waals surface area (Å²) in [5.74, 6) is -3.00. The average Bonchev–Trinajstić information content (AvgIpc) is 3.31. The van der Waals surface area contributed by atoms with Crippen LogP contribution in [0.2, 0.25) is 0 Å². The zero-order chi connectivity index (χ0) is 29.5. The van der Waals surface area contributed by atoms with E-state index >= 15 is 0 Å². The number of piperazine rings is 3. The molecule has 1 aromatic carbocycles. The zero-order valence-electron chi connectivity index (χ0n) is 23.2. The topological polar surface area (TPSA) is 168 Å². The number of carboxylic acids is 1. The number of nitrogens with zero attached hydrogens (tertiary/aromatic N) is 4. The molecule has 222 valence electrons. The lowest BCUT2D eigenvalue weighted by Gasteiger charge is -2.55. The number of benzene rings is 1. The van der Waals surface area contributed by atoms with Crippen LogP contribution < -0.4 is 14.2 Å². The molecular weight excluding hydrogens is 554 g/mol. The monoisotopic (exact) mass is 591 g/mol. The molecule has 7 rings (SSSR count). The molecule has 41 heavy (non-hydrogen) atoms. The van der Waals surface area contributed by atoms with Crippen molar-refractivity contribution in [2.75, 3.05) is 63.2 Å².